The van der Waals surface area contributed by atoms with Crippen molar-refractivity contribution in [1.82, 2.24) is 0 Å². The molecular formula is C21H30O6. The molecule has 6 rings (SSSR count). The van der Waals surface area contributed by atoms with Gasteiger partial charge in [0.1, 0.15) is 11.5 Å². The van der Waals surface area contributed by atoms with Crippen molar-refractivity contribution < 1.29 is 30.0 Å². The highest BCUT2D eigenvalue weighted by Gasteiger charge is 2.88. The van der Waals surface area contributed by atoms with Crippen molar-refractivity contribution >= 4 is 5.78 Å². The Balaban J connectivity index is 1.84. The van der Waals surface area contributed by atoms with Gasteiger partial charge in [-0.05, 0) is 49.5 Å². The van der Waals surface area contributed by atoms with Gasteiger partial charge in [-0.25, -0.2) is 0 Å². The summed E-state index contributed by atoms with van der Waals surface area (Å²) in [6.45, 7) is 9.83. The second kappa shape index (κ2) is 4.85. The van der Waals surface area contributed by atoms with Gasteiger partial charge in [-0.2, -0.15) is 0 Å². The zero-order valence-corrected chi connectivity index (χ0v) is 16.2. The molecule has 0 aromatic carbocycles. The van der Waals surface area contributed by atoms with E-state index in [4.69, 9.17) is 4.74 Å². The van der Waals surface area contributed by atoms with Crippen molar-refractivity contribution in [2.24, 2.45) is 34.0 Å². The molecule has 0 radical (unpaired) electrons. The van der Waals surface area contributed by atoms with E-state index in [0.717, 1.165) is 0 Å². The molecule has 10 atom stereocenters. The molecule has 4 aliphatic carbocycles. The number of hydrogen-bond donors (Lipinski definition) is 4. The van der Waals surface area contributed by atoms with E-state index in [1.54, 1.807) is 0 Å². The quantitative estimate of drug-likeness (QED) is 0.464. The van der Waals surface area contributed by atoms with Gasteiger partial charge in [-0.3, -0.25) is 4.79 Å². The fourth-order valence-electron chi connectivity index (χ4n) is 8.38. The molecule has 4 saturated carbocycles. The minimum Gasteiger partial charge on any atom is -0.392 e. The Labute approximate surface area is 159 Å². The van der Waals surface area contributed by atoms with Crippen molar-refractivity contribution in [3.63, 3.8) is 0 Å². The lowest BCUT2D eigenvalue weighted by atomic mass is 9.34. The lowest BCUT2D eigenvalue weighted by molar-refractivity contribution is -0.477. The monoisotopic (exact) mass is 378 g/mol. The van der Waals surface area contributed by atoms with Gasteiger partial charge in [-0.1, -0.05) is 20.4 Å². The van der Waals surface area contributed by atoms with Crippen molar-refractivity contribution in [3.8, 4) is 0 Å². The van der Waals surface area contributed by atoms with E-state index >= 15 is 0 Å². The zero-order chi connectivity index (χ0) is 19.7. The molecule has 150 valence electrons. The van der Waals surface area contributed by atoms with Crippen LogP contribution >= 0.6 is 0 Å². The lowest BCUT2D eigenvalue weighted by Gasteiger charge is -2.76. The summed E-state index contributed by atoms with van der Waals surface area (Å²) in [4.78, 5) is 13.4. The predicted octanol–water partition coefficient (Wildman–Crippen LogP) is 0.764. The molecule has 6 fully saturated rings. The smallest absolute Gasteiger partial charge is 0.208 e. The average molecular weight is 378 g/mol. The Morgan fingerprint density at radius 3 is 2.44 bits per heavy atom. The van der Waals surface area contributed by atoms with Crippen LogP contribution in [0.5, 0.6) is 0 Å². The third-order valence-electron chi connectivity index (χ3n) is 9.27. The van der Waals surface area contributed by atoms with E-state index in [9.17, 15) is 25.2 Å². The van der Waals surface area contributed by atoms with E-state index in [1.165, 1.54) is 0 Å². The molecule has 2 saturated heterocycles. The Hall–Kier alpha value is -0.790. The molecule has 5 unspecified atom stereocenters. The number of carbonyl (C=O) groups is 1. The number of carbonyl (C=O) groups excluding carboxylic acids is 1. The summed E-state index contributed by atoms with van der Waals surface area (Å²) < 4.78 is 6.01. The van der Waals surface area contributed by atoms with Crippen LogP contribution in [0.15, 0.2) is 12.2 Å². The summed E-state index contributed by atoms with van der Waals surface area (Å²) in [5.41, 5.74) is -2.57. The van der Waals surface area contributed by atoms with Crippen LogP contribution in [0.25, 0.3) is 0 Å². The highest BCUT2D eigenvalue weighted by atomic mass is 16.7. The number of ether oxygens (including phenoxy) is 1. The largest absolute Gasteiger partial charge is 0.392 e. The summed E-state index contributed by atoms with van der Waals surface area (Å²) in [5.74, 6) is -3.88. The fraction of sp³-hybridized carbons (Fsp3) is 0.857. The highest BCUT2D eigenvalue weighted by Crippen LogP contribution is 2.77. The third kappa shape index (κ3) is 1.53. The third-order valence-corrected chi connectivity index (χ3v) is 9.27. The lowest BCUT2D eigenvalue weighted by Crippen LogP contribution is -2.87. The molecule has 4 N–H and O–H groups in total. The average Bonchev–Trinajstić information content (AvgIpc) is 2.70. The van der Waals surface area contributed by atoms with E-state index in [0.29, 0.717) is 31.3 Å². The first-order chi connectivity index (χ1) is 12.5. The summed E-state index contributed by atoms with van der Waals surface area (Å²) in [5, 5.41) is 45.7. The van der Waals surface area contributed by atoms with Crippen LogP contribution in [0.1, 0.15) is 46.5 Å². The Bertz CT molecular complexity index is 747. The molecule has 6 heteroatoms. The number of fused-ring (bicyclic) bond motifs is 2. The molecule has 2 heterocycles. The summed E-state index contributed by atoms with van der Waals surface area (Å²) >= 11 is 0. The van der Waals surface area contributed by atoms with E-state index < -0.39 is 64.6 Å². The van der Waals surface area contributed by atoms with Gasteiger partial charge in [0.15, 0.2) is 5.78 Å². The van der Waals surface area contributed by atoms with Crippen molar-refractivity contribution in [1.29, 1.82) is 0 Å². The first-order valence-corrected chi connectivity index (χ1v) is 10.2. The number of aliphatic hydroxyl groups excluding tert-OH is 3. The van der Waals surface area contributed by atoms with Crippen LogP contribution in [0.4, 0.5) is 0 Å². The molecule has 0 aromatic rings. The van der Waals surface area contributed by atoms with Gasteiger partial charge in [0.25, 0.3) is 0 Å². The molecule has 4 bridgehead atoms. The fourth-order valence-corrected chi connectivity index (χ4v) is 8.38. The van der Waals surface area contributed by atoms with Gasteiger partial charge in [0.2, 0.25) is 5.79 Å². The molecule has 6 nitrogen and oxygen atoms in total. The van der Waals surface area contributed by atoms with Crippen LogP contribution in [-0.2, 0) is 9.53 Å². The standard InChI is InChI=1S/C21H30O6/c1-9-11-5-6-12-19-10(2)27-21(26,20(12,15(9)23)16(11)24)17(25)14(19)18(3,4)8-7-13(19)22/h10-14,16-17,22,24-26H,1,5-8H2,2-4H3/t10-,11-,12?,13?,14?,16?,17+,19+,20-,21?/m1/s1. The first kappa shape index (κ1) is 18.3. The van der Waals surface area contributed by atoms with E-state index in [2.05, 4.69) is 20.4 Å². The van der Waals surface area contributed by atoms with Gasteiger partial charge >= 0.3 is 0 Å². The van der Waals surface area contributed by atoms with Crippen molar-refractivity contribution in [2.45, 2.75) is 76.7 Å². The van der Waals surface area contributed by atoms with Crippen molar-refractivity contribution in [3.05, 3.63) is 12.2 Å². The number of rotatable bonds is 0. The van der Waals surface area contributed by atoms with Crippen LogP contribution in [0.3, 0.4) is 0 Å². The number of ketones is 1. The maximum absolute atomic E-state index is 13.4. The second-order valence-electron chi connectivity index (χ2n) is 10.3. The van der Waals surface area contributed by atoms with Crippen LogP contribution in [0, 0.1) is 34.0 Å². The normalized spacial score (nSPS) is 60.9. The molecular weight excluding hydrogens is 348 g/mol. The highest BCUT2D eigenvalue weighted by molar-refractivity contribution is 6.05. The molecule has 6 aliphatic rings. The van der Waals surface area contributed by atoms with E-state index in [1.807, 2.05) is 6.92 Å². The van der Waals surface area contributed by atoms with Gasteiger partial charge in [0, 0.05) is 17.3 Å². The molecule has 27 heavy (non-hydrogen) atoms. The predicted molar refractivity (Wildman–Crippen MR) is 95.2 cm³/mol. The summed E-state index contributed by atoms with van der Waals surface area (Å²) in [7, 11) is 0. The molecule has 0 aromatic heterocycles. The Morgan fingerprint density at radius 1 is 1.11 bits per heavy atom. The van der Waals surface area contributed by atoms with Crippen LogP contribution < -0.4 is 0 Å². The first-order valence-electron chi connectivity index (χ1n) is 10.2. The number of Topliss-reactive ketones (excluding diaryl/α,β-unsaturated/α-hetero) is 1. The summed E-state index contributed by atoms with van der Waals surface area (Å²) in [6.07, 6.45) is -1.37. The zero-order valence-electron chi connectivity index (χ0n) is 16.2. The second-order valence-corrected chi connectivity index (χ2v) is 10.3. The number of hydrogen-bond acceptors (Lipinski definition) is 6. The molecule has 2 spiro atoms. The topological polar surface area (TPSA) is 107 Å². The number of aliphatic hydroxyl groups is 4. The van der Waals surface area contributed by atoms with Gasteiger partial charge < -0.3 is 25.2 Å². The van der Waals surface area contributed by atoms with Crippen molar-refractivity contribution in [2.75, 3.05) is 0 Å². The van der Waals surface area contributed by atoms with Gasteiger partial charge in [0.05, 0.1) is 18.3 Å². The molecule has 0 amide bonds. The summed E-state index contributed by atoms with van der Waals surface area (Å²) in [6, 6.07) is 0. The van der Waals surface area contributed by atoms with Gasteiger partial charge in [-0.15, -0.1) is 0 Å². The maximum Gasteiger partial charge on any atom is 0.208 e. The molecule has 2 aliphatic heterocycles. The van der Waals surface area contributed by atoms with Crippen LogP contribution in [0.2, 0.25) is 0 Å². The Morgan fingerprint density at radius 2 is 1.78 bits per heavy atom. The maximum atomic E-state index is 13.4. The van der Waals surface area contributed by atoms with E-state index in [-0.39, 0.29) is 5.41 Å². The van der Waals surface area contributed by atoms with Crippen LogP contribution in [-0.4, -0.2) is 56.4 Å². The minimum absolute atomic E-state index is 0.312. The SMILES string of the molecule is C=C1C(=O)[C@@]23C(O)[C@@H]1CCC2[C@@]12C(O)CCC(C)(C)C1[C@H](O)C3(O)O[C@@H]2C. The Kier molecular flexibility index (Phi) is 3.28. The minimum atomic E-state index is -2.17.